The fourth-order valence-electron chi connectivity index (χ4n) is 9.57. The van der Waals surface area contributed by atoms with Gasteiger partial charge in [0, 0.05) is 0 Å². The Bertz CT molecular complexity index is 1630. The van der Waals surface area contributed by atoms with Crippen LogP contribution >= 0.6 is 0 Å². The van der Waals surface area contributed by atoms with Gasteiger partial charge in [-0.15, -0.1) is 0 Å². The lowest BCUT2D eigenvalue weighted by molar-refractivity contribution is -0.174. The van der Waals surface area contributed by atoms with Crippen molar-refractivity contribution in [2.75, 3.05) is 52.9 Å². The summed E-state index contributed by atoms with van der Waals surface area (Å²) < 4.78 is 64.1. The molecule has 14 unspecified atom stereocenters. The Hall–Kier alpha value is -4.40. The summed E-state index contributed by atoms with van der Waals surface area (Å²) in [4.78, 5) is 105. The molecule has 8 fully saturated rings. The van der Waals surface area contributed by atoms with E-state index in [0.29, 0.717) is 0 Å². The van der Waals surface area contributed by atoms with E-state index in [1.54, 1.807) is 0 Å². The van der Waals surface area contributed by atoms with Crippen molar-refractivity contribution in [3.8, 4) is 0 Å². The van der Waals surface area contributed by atoms with Crippen LogP contribution in [0.3, 0.4) is 0 Å². The van der Waals surface area contributed by atoms with Crippen LogP contribution in [0.5, 0.6) is 0 Å². The zero-order valence-electron chi connectivity index (χ0n) is 35.8. The van der Waals surface area contributed by atoms with Gasteiger partial charge in [0.2, 0.25) is 0 Å². The minimum atomic E-state index is -1.89. The Morgan fingerprint density at radius 1 is 0.306 bits per heavy atom. The van der Waals surface area contributed by atoms with Gasteiger partial charge in [-0.3, -0.25) is 19.2 Å². The van der Waals surface area contributed by atoms with Crippen molar-refractivity contribution < 1.29 is 95.2 Å². The SMILES string of the molecule is C.C.C.C.C.C.C.C.O=C(COC(=O)CC(C(=O)OCC(=O)OCC1CCC2OC2C1)C(CC(=O)OCC(=O)OCC1CCC2OC2C1)C(=O)OCC(=O)OCC1CCC2OC2C1)OCC1CCC2OC2C1. The molecule has 0 amide bonds. The average molecular weight is 1040 g/mol. The van der Waals surface area contributed by atoms with E-state index in [9.17, 15) is 38.4 Å². The molecular formula is C52H90O20. The number of epoxide rings is 4. The summed E-state index contributed by atoms with van der Waals surface area (Å²) in [6.45, 7) is -3.15. The smallest absolute Gasteiger partial charge is 0.344 e. The zero-order valence-corrected chi connectivity index (χ0v) is 35.8. The van der Waals surface area contributed by atoms with Crippen molar-refractivity contribution >= 4 is 47.8 Å². The Morgan fingerprint density at radius 2 is 0.542 bits per heavy atom. The summed E-state index contributed by atoms with van der Waals surface area (Å²) in [7, 11) is 0. The van der Waals surface area contributed by atoms with Gasteiger partial charge in [-0.25, -0.2) is 19.2 Å². The predicted octanol–water partition coefficient (Wildman–Crippen LogP) is 6.70. The normalized spacial score (nSPS) is 29.6. The number of hydrogen-bond acceptors (Lipinski definition) is 20. The van der Waals surface area contributed by atoms with E-state index in [0.717, 1.165) is 77.0 Å². The highest BCUT2D eigenvalue weighted by atomic mass is 16.6. The van der Waals surface area contributed by atoms with E-state index in [1.165, 1.54) is 0 Å². The maximum Gasteiger partial charge on any atom is 0.344 e. The van der Waals surface area contributed by atoms with Crippen LogP contribution in [0.1, 0.15) is 149 Å². The number of carbonyl (C=O) groups excluding carboxylic acids is 8. The molecule has 0 N–H and O–H groups in total. The molecule has 4 saturated carbocycles. The van der Waals surface area contributed by atoms with E-state index >= 15 is 0 Å². The lowest BCUT2D eigenvalue weighted by atomic mass is 9.86. The molecule has 0 bridgehead atoms. The third-order valence-corrected chi connectivity index (χ3v) is 13.6. The van der Waals surface area contributed by atoms with Crippen LogP contribution in [0, 0.1) is 35.5 Å². The summed E-state index contributed by atoms with van der Waals surface area (Å²) in [6.07, 6.45) is 9.32. The third kappa shape index (κ3) is 20.5. The zero-order chi connectivity index (χ0) is 44.7. The quantitative estimate of drug-likeness (QED) is 0.0585. The molecule has 0 radical (unpaired) electrons. The van der Waals surface area contributed by atoms with Crippen molar-refractivity contribution in [3.63, 3.8) is 0 Å². The number of carbonyl (C=O) groups is 8. The number of ether oxygens (including phenoxy) is 12. The first-order chi connectivity index (χ1) is 30.9. The Morgan fingerprint density at radius 3 is 0.778 bits per heavy atom. The second-order valence-electron chi connectivity index (χ2n) is 18.5. The molecule has 8 aliphatic rings. The summed E-state index contributed by atoms with van der Waals surface area (Å²) in [6, 6.07) is 0. The fourth-order valence-corrected chi connectivity index (χ4v) is 9.57. The van der Waals surface area contributed by atoms with Crippen molar-refractivity contribution in [1.82, 2.24) is 0 Å². The Balaban J connectivity index is 0.00000630. The molecule has 0 spiro atoms. The Kier molecular flexibility index (Phi) is 29.4. The molecule has 8 rings (SSSR count). The molecule has 72 heavy (non-hydrogen) atoms. The maximum absolute atomic E-state index is 13.8. The molecule has 20 heteroatoms. The van der Waals surface area contributed by atoms with Crippen molar-refractivity contribution in [2.24, 2.45) is 35.5 Å². The number of rotatable bonds is 23. The number of esters is 8. The van der Waals surface area contributed by atoms with Crippen LogP contribution in [-0.4, -0.2) is 149 Å². The highest BCUT2D eigenvalue weighted by Crippen LogP contribution is 2.42. The molecule has 0 aromatic heterocycles. The van der Waals surface area contributed by atoms with Gasteiger partial charge in [0.15, 0.2) is 26.4 Å². The lowest BCUT2D eigenvalue weighted by Gasteiger charge is -2.24. The van der Waals surface area contributed by atoms with Crippen LogP contribution in [0.4, 0.5) is 0 Å². The summed E-state index contributed by atoms with van der Waals surface area (Å²) >= 11 is 0. The number of fused-ring (bicyclic) bond motifs is 4. The molecule has 14 atom stereocenters. The van der Waals surface area contributed by atoms with Crippen molar-refractivity contribution in [1.29, 1.82) is 0 Å². The molecule has 0 aromatic carbocycles. The third-order valence-electron chi connectivity index (χ3n) is 13.6. The summed E-state index contributed by atoms with van der Waals surface area (Å²) in [5.41, 5.74) is 0. The van der Waals surface area contributed by atoms with Crippen LogP contribution in [-0.2, 0) is 95.2 Å². The lowest BCUT2D eigenvalue weighted by Crippen LogP contribution is -2.38. The van der Waals surface area contributed by atoms with Gasteiger partial charge in [-0.1, -0.05) is 59.4 Å². The van der Waals surface area contributed by atoms with Crippen LogP contribution in [0.2, 0.25) is 0 Å². The predicted molar refractivity (Wildman–Crippen MR) is 262 cm³/mol. The van der Waals surface area contributed by atoms with Gasteiger partial charge in [0.05, 0.1) is 99.9 Å². The minimum Gasteiger partial charge on any atom is -0.463 e. The molecule has 4 aliphatic carbocycles. The average Bonchev–Trinajstić information content (AvgIpc) is 4.09. The second kappa shape index (κ2) is 31.4. The minimum absolute atomic E-state index is 0. The molecule has 20 nitrogen and oxygen atoms in total. The highest BCUT2D eigenvalue weighted by Gasteiger charge is 2.47. The first kappa shape index (κ1) is 67.6. The molecule has 4 aliphatic heterocycles. The first-order valence-electron chi connectivity index (χ1n) is 22.8. The standard InChI is InChI=1S/C44H58O20.8CH4/c45-37(57-19-39(47)53-15-23-1-5-29-33(9-23)61-29)13-27(43(51)59-21-41(49)55-17-25-3-7-31-35(11-25)63-31)28(44(52)60-22-42(50)56-18-26-4-8-32-36(12-26)64-32)14-38(46)58-20-40(48)54-16-24-2-6-30-34(10-24)62-30;;;;;;;;/h23-36H,1-22H2;8*1H4. The topological polar surface area (TPSA) is 261 Å². The second-order valence-corrected chi connectivity index (χ2v) is 18.5. The van der Waals surface area contributed by atoms with Gasteiger partial charge < -0.3 is 56.8 Å². The van der Waals surface area contributed by atoms with Gasteiger partial charge in [0.25, 0.3) is 0 Å². The van der Waals surface area contributed by atoms with Crippen molar-refractivity contribution in [3.05, 3.63) is 0 Å². The van der Waals surface area contributed by atoms with Crippen molar-refractivity contribution in [2.45, 2.75) is 198 Å². The molecule has 418 valence electrons. The van der Waals surface area contributed by atoms with Gasteiger partial charge in [0.1, 0.15) is 0 Å². The highest BCUT2D eigenvalue weighted by molar-refractivity contribution is 5.90. The molecule has 4 saturated heterocycles. The molecule has 0 aromatic rings. The first-order valence-corrected chi connectivity index (χ1v) is 22.8. The van der Waals surface area contributed by atoms with E-state index in [4.69, 9.17) is 56.8 Å². The fraction of sp³-hybridized carbons (Fsp3) is 0.846. The van der Waals surface area contributed by atoms with E-state index in [-0.39, 0.29) is 158 Å². The summed E-state index contributed by atoms with van der Waals surface area (Å²) in [5, 5.41) is 0. The van der Waals surface area contributed by atoms with Crippen LogP contribution < -0.4 is 0 Å². The largest absolute Gasteiger partial charge is 0.463 e. The molecule has 4 heterocycles. The van der Waals surface area contributed by atoms with E-state index in [1.807, 2.05) is 0 Å². The van der Waals surface area contributed by atoms with E-state index < -0.39 is 98.9 Å². The van der Waals surface area contributed by atoms with Crippen LogP contribution in [0.25, 0.3) is 0 Å². The molecular weight excluding hydrogens is 945 g/mol. The monoisotopic (exact) mass is 1030 g/mol. The van der Waals surface area contributed by atoms with E-state index in [2.05, 4.69) is 0 Å². The number of hydrogen-bond donors (Lipinski definition) is 0. The van der Waals surface area contributed by atoms with Gasteiger partial charge >= 0.3 is 47.8 Å². The van der Waals surface area contributed by atoms with Gasteiger partial charge in [-0.2, -0.15) is 0 Å². The van der Waals surface area contributed by atoms with Gasteiger partial charge in [-0.05, 0) is 101 Å². The Labute approximate surface area is 428 Å². The maximum atomic E-state index is 13.8. The summed E-state index contributed by atoms with van der Waals surface area (Å²) in [5.74, 6) is -11.9. The van der Waals surface area contributed by atoms with Crippen LogP contribution in [0.15, 0.2) is 0 Å².